The Morgan fingerprint density at radius 1 is 1.10 bits per heavy atom. The number of piperidine rings is 1. The molecule has 2 N–H and O–H groups in total. The van der Waals surface area contributed by atoms with Crippen LogP contribution in [-0.4, -0.2) is 49.0 Å². The molecule has 2 heterocycles. The fourth-order valence-electron chi connectivity index (χ4n) is 4.53. The number of ether oxygens (including phenoxy) is 1. The number of rotatable bonds is 5. The number of carbonyl (C=O) groups is 2. The van der Waals surface area contributed by atoms with Crippen LogP contribution in [0.3, 0.4) is 0 Å². The molecular formula is C25H31N3O3. The molecule has 0 bridgehead atoms. The third kappa shape index (κ3) is 5.07. The molecule has 164 valence electrons. The number of para-hydroxylation sites is 1. The van der Waals surface area contributed by atoms with Gasteiger partial charge in [0.1, 0.15) is 11.4 Å². The lowest BCUT2D eigenvalue weighted by molar-refractivity contribution is -0.118. The quantitative estimate of drug-likeness (QED) is 0.778. The van der Waals surface area contributed by atoms with Crippen molar-refractivity contribution in [3.05, 3.63) is 65.2 Å². The van der Waals surface area contributed by atoms with Gasteiger partial charge in [-0.3, -0.25) is 9.59 Å². The number of nitrogens with zero attached hydrogens (tertiary/aromatic N) is 1. The predicted octanol–water partition coefficient (Wildman–Crippen LogP) is 3.08. The molecular weight excluding hydrogens is 390 g/mol. The fourth-order valence-corrected chi connectivity index (χ4v) is 4.53. The second kappa shape index (κ2) is 9.10. The monoisotopic (exact) mass is 421 g/mol. The van der Waals surface area contributed by atoms with Gasteiger partial charge >= 0.3 is 0 Å². The predicted molar refractivity (Wildman–Crippen MR) is 120 cm³/mol. The minimum atomic E-state index is -0.216. The van der Waals surface area contributed by atoms with Gasteiger partial charge in [-0.05, 0) is 50.1 Å². The first-order valence-electron chi connectivity index (χ1n) is 11.0. The van der Waals surface area contributed by atoms with Crippen LogP contribution in [-0.2, 0) is 11.2 Å². The second-order valence-electron chi connectivity index (χ2n) is 8.79. The van der Waals surface area contributed by atoms with E-state index in [0.717, 1.165) is 55.6 Å². The number of likely N-dealkylation sites (tertiary alicyclic amines) is 1. The summed E-state index contributed by atoms with van der Waals surface area (Å²) in [5, 5.41) is 6.06. The smallest absolute Gasteiger partial charge is 0.251 e. The van der Waals surface area contributed by atoms with Crippen LogP contribution in [0.4, 0.5) is 0 Å². The number of nitrogens with one attached hydrogen (secondary N) is 2. The van der Waals surface area contributed by atoms with E-state index in [1.165, 1.54) is 6.92 Å². The van der Waals surface area contributed by atoms with Crippen molar-refractivity contribution in [2.75, 3.05) is 26.7 Å². The topological polar surface area (TPSA) is 70.7 Å². The van der Waals surface area contributed by atoms with E-state index >= 15 is 0 Å². The number of hydrogen-bond acceptors (Lipinski definition) is 4. The summed E-state index contributed by atoms with van der Waals surface area (Å²) < 4.78 is 6.49. The Morgan fingerprint density at radius 2 is 1.81 bits per heavy atom. The third-order valence-corrected chi connectivity index (χ3v) is 6.40. The standard InChI is InChI=1S/C25H31N3O3/c1-18(29)26-14-11-19-7-9-20(10-8-19)24(30)27-22-17-25(12-15-28(2)16-13-25)31-23-6-4-3-5-21(22)23/h3-10,22H,11-17H2,1-2H3,(H,26,29)(H,27,30). The number of amides is 2. The molecule has 2 aromatic carbocycles. The molecule has 4 rings (SSSR count). The van der Waals surface area contributed by atoms with E-state index in [0.29, 0.717) is 12.1 Å². The summed E-state index contributed by atoms with van der Waals surface area (Å²) in [6.07, 6.45) is 3.46. The van der Waals surface area contributed by atoms with Crippen LogP contribution in [0.5, 0.6) is 5.75 Å². The molecule has 6 nitrogen and oxygen atoms in total. The van der Waals surface area contributed by atoms with Gasteiger partial charge in [0.15, 0.2) is 0 Å². The summed E-state index contributed by atoms with van der Waals surface area (Å²) in [4.78, 5) is 26.4. The lowest BCUT2D eigenvalue weighted by Crippen LogP contribution is -2.51. The highest BCUT2D eigenvalue weighted by Crippen LogP contribution is 2.44. The molecule has 1 unspecified atom stereocenters. The minimum Gasteiger partial charge on any atom is -0.487 e. The number of fused-ring (bicyclic) bond motifs is 1. The maximum atomic E-state index is 13.0. The highest BCUT2D eigenvalue weighted by molar-refractivity contribution is 5.94. The van der Waals surface area contributed by atoms with E-state index in [1.54, 1.807) is 0 Å². The molecule has 2 amide bonds. The van der Waals surface area contributed by atoms with Crippen LogP contribution in [0, 0.1) is 0 Å². The molecule has 2 aliphatic heterocycles. The van der Waals surface area contributed by atoms with E-state index in [4.69, 9.17) is 4.74 Å². The fraction of sp³-hybridized carbons (Fsp3) is 0.440. The van der Waals surface area contributed by atoms with E-state index in [2.05, 4.69) is 22.6 Å². The first-order chi connectivity index (χ1) is 14.9. The molecule has 6 heteroatoms. The van der Waals surface area contributed by atoms with Gasteiger partial charge in [0.05, 0.1) is 6.04 Å². The largest absolute Gasteiger partial charge is 0.487 e. The Kier molecular flexibility index (Phi) is 6.28. The van der Waals surface area contributed by atoms with Gasteiger partial charge in [-0.25, -0.2) is 0 Å². The van der Waals surface area contributed by atoms with Crippen molar-refractivity contribution in [1.82, 2.24) is 15.5 Å². The lowest BCUT2D eigenvalue weighted by Gasteiger charge is -2.46. The first kappa shape index (κ1) is 21.4. The number of benzene rings is 2. The Labute approximate surface area is 184 Å². The van der Waals surface area contributed by atoms with Crippen molar-refractivity contribution in [3.8, 4) is 5.75 Å². The average molecular weight is 422 g/mol. The van der Waals surface area contributed by atoms with Crippen molar-refractivity contribution >= 4 is 11.8 Å². The highest BCUT2D eigenvalue weighted by Gasteiger charge is 2.43. The SMILES string of the molecule is CC(=O)NCCc1ccc(C(=O)NC2CC3(CCN(C)CC3)Oc3ccccc32)cc1. The van der Waals surface area contributed by atoms with Crippen molar-refractivity contribution < 1.29 is 14.3 Å². The van der Waals surface area contributed by atoms with Gasteiger partial charge in [-0.15, -0.1) is 0 Å². The second-order valence-corrected chi connectivity index (χ2v) is 8.79. The maximum Gasteiger partial charge on any atom is 0.251 e. The van der Waals surface area contributed by atoms with E-state index < -0.39 is 0 Å². The molecule has 2 aliphatic rings. The van der Waals surface area contributed by atoms with Crippen LogP contribution in [0.2, 0.25) is 0 Å². The van der Waals surface area contributed by atoms with Crippen LogP contribution in [0.1, 0.15) is 53.7 Å². The zero-order valence-corrected chi connectivity index (χ0v) is 18.3. The Morgan fingerprint density at radius 3 is 2.52 bits per heavy atom. The van der Waals surface area contributed by atoms with Gasteiger partial charge < -0.3 is 20.3 Å². The molecule has 1 atom stereocenters. The van der Waals surface area contributed by atoms with Crippen LogP contribution < -0.4 is 15.4 Å². The normalized spacial score (nSPS) is 19.9. The van der Waals surface area contributed by atoms with Crippen molar-refractivity contribution in [2.24, 2.45) is 0 Å². The molecule has 1 spiro atoms. The number of carbonyl (C=O) groups excluding carboxylic acids is 2. The molecule has 0 saturated carbocycles. The molecule has 1 fully saturated rings. The summed E-state index contributed by atoms with van der Waals surface area (Å²) in [5.74, 6) is 0.783. The number of hydrogen-bond donors (Lipinski definition) is 2. The van der Waals surface area contributed by atoms with Gasteiger partial charge in [-0.1, -0.05) is 30.3 Å². The molecule has 1 saturated heterocycles. The van der Waals surface area contributed by atoms with Gasteiger partial charge in [-0.2, -0.15) is 0 Å². The van der Waals surface area contributed by atoms with Crippen molar-refractivity contribution in [3.63, 3.8) is 0 Å². The molecule has 0 aromatic heterocycles. The van der Waals surface area contributed by atoms with Crippen LogP contribution >= 0.6 is 0 Å². The van der Waals surface area contributed by atoms with Crippen molar-refractivity contribution in [1.29, 1.82) is 0 Å². The van der Waals surface area contributed by atoms with Crippen LogP contribution in [0.25, 0.3) is 0 Å². The summed E-state index contributed by atoms with van der Waals surface area (Å²) in [6.45, 7) is 4.11. The van der Waals surface area contributed by atoms with Gasteiger partial charge in [0.25, 0.3) is 5.91 Å². The molecule has 0 radical (unpaired) electrons. The third-order valence-electron chi connectivity index (χ3n) is 6.40. The minimum absolute atomic E-state index is 0.0323. The van der Waals surface area contributed by atoms with Gasteiger partial charge in [0.2, 0.25) is 5.91 Å². The van der Waals surface area contributed by atoms with E-state index in [-0.39, 0.29) is 23.5 Å². The zero-order valence-electron chi connectivity index (χ0n) is 18.3. The summed E-state index contributed by atoms with van der Waals surface area (Å²) in [7, 11) is 2.14. The Balaban J connectivity index is 1.46. The van der Waals surface area contributed by atoms with Gasteiger partial charge in [0, 0.05) is 44.1 Å². The molecule has 0 aliphatic carbocycles. The van der Waals surface area contributed by atoms with E-state index in [1.807, 2.05) is 48.5 Å². The summed E-state index contributed by atoms with van der Waals surface area (Å²) in [6, 6.07) is 15.6. The van der Waals surface area contributed by atoms with E-state index in [9.17, 15) is 9.59 Å². The highest BCUT2D eigenvalue weighted by atomic mass is 16.5. The molecule has 2 aromatic rings. The summed E-state index contributed by atoms with van der Waals surface area (Å²) >= 11 is 0. The maximum absolute atomic E-state index is 13.0. The van der Waals surface area contributed by atoms with Crippen LogP contribution in [0.15, 0.2) is 48.5 Å². The summed E-state index contributed by atoms with van der Waals surface area (Å²) in [5.41, 5.74) is 2.57. The Bertz CT molecular complexity index is 933. The zero-order chi connectivity index (χ0) is 21.8. The first-order valence-corrected chi connectivity index (χ1v) is 11.0. The van der Waals surface area contributed by atoms with Crippen molar-refractivity contribution in [2.45, 2.75) is 44.2 Å². The molecule has 31 heavy (non-hydrogen) atoms. The average Bonchev–Trinajstić information content (AvgIpc) is 2.76. The Hall–Kier alpha value is -2.86. The lowest BCUT2D eigenvalue weighted by atomic mass is 9.80.